The van der Waals surface area contributed by atoms with Gasteiger partial charge >= 0.3 is 12.6 Å². The molecule has 9 heteroatoms. The Kier molecular flexibility index (Phi) is 6.31. The van der Waals surface area contributed by atoms with Crippen molar-refractivity contribution in [2.75, 3.05) is 19.6 Å². The van der Waals surface area contributed by atoms with E-state index in [4.69, 9.17) is 14.6 Å². The van der Waals surface area contributed by atoms with Crippen molar-refractivity contribution in [2.24, 2.45) is 5.10 Å². The predicted molar refractivity (Wildman–Crippen MR) is 90.8 cm³/mol. The third kappa shape index (κ3) is 4.82. The molecule has 0 saturated carbocycles. The minimum atomic E-state index is -3.02. The summed E-state index contributed by atoms with van der Waals surface area (Å²) in [6.07, 6.45) is 1.42. The van der Waals surface area contributed by atoms with Gasteiger partial charge in [-0.25, -0.2) is 4.79 Å². The summed E-state index contributed by atoms with van der Waals surface area (Å²) in [5, 5.41) is 12.9. The van der Waals surface area contributed by atoms with Crippen LogP contribution in [-0.2, 0) is 0 Å². The van der Waals surface area contributed by atoms with E-state index < -0.39 is 12.6 Å². The number of carbonyl (C=O) groups is 1. The van der Waals surface area contributed by atoms with Crippen molar-refractivity contribution in [1.82, 2.24) is 0 Å². The second kappa shape index (κ2) is 8.65. The van der Waals surface area contributed by atoms with Gasteiger partial charge in [-0.05, 0) is 36.4 Å². The fourth-order valence-electron chi connectivity index (χ4n) is 2.05. The molecule has 0 unspecified atom stereocenters. The number of hydrazone groups is 1. The summed E-state index contributed by atoms with van der Waals surface area (Å²) < 4.78 is 39.6. The van der Waals surface area contributed by atoms with Crippen molar-refractivity contribution in [1.29, 1.82) is 0 Å². The molecule has 0 saturated heterocycles. The van der Waals surface area contributed by atoms with Crippen molar-refractivity contribution >= 4 is 17.9 Å². The van der Waals surface area contributed by atoms with Gasteiger partial charge in [0, 0.05) is 5.56 Å². The lowest BCUT2D eigenvalue weighted by Crippen LogP contribution is -2.06. The van der Waals surface area contributed by atoms with Crippen molar-refractivity contribution < 1.29 is 32.9 Å². The molecule has 2 aromatic rings. The average molecular weight is 366 g/mol. The Labute approximate surface area is 147 Å². The van der Waals surface area contributed by atoms with Crippen molar-refractivity contribution in [3.63, 3.8) is 0 Å². The van der Waals surface area contributed by atoms with E-state index in [2.05, 4.69) is 15.3 Å². The molecule has 0 heterocycles. The molecule has 7 nitrogen and oxygen atoms in total. The molecule has 2 rings (SSSR count). The zero-order chi connectivity index (χ0) is 19.1. The van der Waals surface area contributed by atoms with Gasteiger partial charge in [0.2, 0.25) is 5.75 Å². The molecule has 0 atom stereocenters. The highest BCUT2D eigenvalue weighted by atomic mass is 19.3. The maximum Gasteiger partial charge on any atom is 0.387 e. The number of rotatable bonds is 8. The Hall–Kier alpha value is -3.36. The first-order chi connectivity index (χ1) is 12.4. The van der Waals surface area contributed by atoms with Gasteiger partial charge in [-0.15, -0.1) is 0 Å². The molecule has 2 N–H and O–H groups in total. The van der Waals surface area contributed by atoms with Crippen LogP contribution < -0.4 is 19.6 Å². The van der Waals surface area contributed by atoms with Gasteiger partial charge in [0.25, 0.3) is 0 Å². The highest BCUT2D eigenvalue weighted by Crippen LogP contribution is 2.39. The Morgan fingerprint density at radius 2 is 1.73 bits per heavy atom. The molecule has 0 fully saturated rings. The lowest BCUT2D eigenvalue weighted by Gasteiger charge is -2.14. The summed E-state index contributed by atoms with van der Waals surface area (Å²) in [6.45, 7) is -3.02. The lowest BCUT2D eigenvalue weighted by atomic mass is 10.2. The highest BCUT2D eigenvalue weighted by Gasteiger charge is 2.17. The van der Waals surface area contributed by atoms with Crippen LogP contribution in [0, 0.1) is 0 Å². The quantitative estimate of drug-likeness (QED) is 0.549. The SMILES string of the molecule is COc1cc(/C=N\Nc2ccc(C(=O)O)cc2)cc(OC)c1OC(F)F. The molecule has 0 bridgehead atoms. The number of nitrogens with zero attached hydrogens (tertiary/aromatic N) is 1. The minimum absolute atomic E-state index is 0.0666. The molecule has 0 spiro atoms. The second-order valence-electron chi connectivity index (χ2n) is 4.89. The van der Waals surface area contributed by atoms with Gasteiger partial charge < -0.3 is 19.3 Å². The number of hydrogen-bond donors (Lipinski definition) is 2. The van der Waals surface area contributed by atoms with Gasteiger partial charge in [0.05, 0.1) is 31.7 Å². The predicted octanol–water partition coefficient (Wildman–Crippen LogP) is 3.45. The molecule has 138 valence electrons. The van der Waals surface area contributed by atoms with E-state index in [-0.39, 0.29) is 22.8 Å². The first-order valence-corrected chi connectivity index (χ1v) is 7.28. The van der Waals surface area contributed by atoms with Gasteiger partial charge in [-0.1, -0.05) is 0 Å². The van der Waals surface area contributed by atoms with E-state index in [0.717, 1.165) is 0 Å². The lowest BCUT2D eigenvalue weighted by molar-refractivity contribution is -0.0526. The number of methoxy groups -OCH3 is 2. The first kappa shape index (κ1) is 19.0. The number of carboxylic acid groups (broad SMARTS) is 1. The van der Waals surface area contributed by atoms with E-state index in [9.17, 15) is 13.6 Å². The number of hydrogen-bond acceptors (Lipinski definition) is 6. The largest absolute Gasteiger partial charge is 0.493 e. The molecule has 0 aliphatic rings. The number of benzene rings is 2. The third-order valence-corrected chi connectivity index (χ3v) is 3.23. The van der Waals surface area contributed by atoms with Crippen LogP contribution in [0.2, 0.25) is 0 Å². The zero-order valence-corrected chi connectivity index (χ0v) is 13.9. The summed E-state index contributed by atoms with van der Waals surface area (Å²) in [7, 11) is 2.63. The van der Waals surface area contributed by atoms with Crippen molar-refractivity contribution in [2.45, 2.75) is 6.61 Å². The van der Waals surface area contributed by atoms with Crippen LogP contribution in [0.25, 0.3) is 0 Å². The fraction of sp³-hybridized carbons (Fsp3) is 0.176. The molecule has 0 aliphatic carbocycles. The highest BCUT2D eigenvalue weighted by molar-refractivity contribution is 5.88. The van der Waals surface area contributed by atoms with Gasteiger partial charge in [-0.2, -0.15) is 13.9 Å². The van der Waals surface area contributed by atoms with Crippen molar-refractivity contribution in [3.8, 4) is 17.2 Å². The summed E-state index contributed by atoms with van der Waals surface area (Å²) in [5.74, 6) is -1.10. The summed E-state index contributed by atoms with van der Waals surface area (Å²) >= 11 is 0. The molecule has 2 aromatic carbocycles. The smallest absolute Gasteiger partial charge is 0.387 e. The molecule has 26 heavy (non-hydrogen) atoms. The summed E-state index contributed by atoms with van der Waals surface area (Å²) in [4.78, 5) is 10.8. The number of anilines is 1. The normalized spacial score (nSPS) is 10.8. The number of nitrogens with one attached hydrogen (secondary N) is 1. The number of halogens is 2. The number of ether oxygens (including phenoxy) is 3. The van der Waals surface area contributed by atoms with Crippen LogP contribution in [-0.4, -0.2) is 38.1 Å². The van der Waals surface area contributed by atoms with Crippen LogP contribution in [0.4, 0.5) is 14.5 Å². The van der Waals surface area contributed by atoms with E-state index in [1.807, 2.05) is 0 Å². The molecular formula is C17H16F2N2O5. The van der Waals surface area contributed by atoms with E-state index >= 15 is 0 Å². The Bertz CT molecular complexity index is 769. The van der Waals surface area contributed by atoms with Crippen LogP contribution in [0.3, 0.4) is 0 Å². The monoisotopic (exact) mass is 366 g/mol. The Morgan fingerprint density at radius 3 is 2.19 bits per heavy atom. The minimum Gasteiger partial charge on any atom is -0.493 e. The maximum atomic E-state index is 12.5. The van der Waals surface area contributed by atoms with Gasteiger partial charge in [-0.3, -0.25) is 5.43 Å². The molecule has 0 amide bonds. The summed E-state index contributed by atoms with van der Waals surface area (Å²) in [5.41, 5.74) is 3.96. The molecule has 0 radical (unpaired) electrons. The standard InChI is InChI=1S/C17H16F2N2O5/c1-24-13-7-10(8-14(25-2)15(13)26-17(18)19)9-20-21-12-5-3-11(4-6-12)16(22)23/h3-9,17,21H,1-2H3,(H,22,23)/b20-9-. The fourth-order valence-corrected chi connectivity index (χ4v) is 2.05. The first-order valence-electron chi connectivity index (χ1n) is 7.28. The maximum absolute atomic E-state index is 12.5. The van der Waals surface area contributed by atoms with Crippen LogP contribution in [0.15, 0.2) is 41.5 Å². The van der Waals surface area contributed by atoms with E-state index in [1.165, 1.54) is 44.7 Å². The van der Waals surface area contributed by atoms with E-state index in [0.29, 0.717) is 11.3 Å². The summed E-state index contributed by atoms with van der Waals surface area (Å²) in [6, 6.07) is 8.90. The molecular weight excluding hydrogens is 350 g/mol. The Balaban J connectivity index is 2.17. The number of aromatic carboxylic acids is 1. The van der Waals surface area contributed by atoms with Crippen LogP contribution in [0.5, 0.6) is 17.2 Å². The van der Waals surface area contributed by atoms with Crippen molar-refractivity contribution in [3.05, 3.63) is 47.5 Å². The second-order valence-corrected chi connectivity index (χ2v) is 4.89. The Morgan fingerprint density at radius 1 is 1.15 bits per heavy atom. The molecule has 0 aliphatic heterocycles. The third-order valence-electron chi connectivity index (χ3n) is 3.23. The number of alkyl halides is 2. The van der Waals surface area contributed by atoms with Gasteiger partial charge in [0.1, 0.15) is 0 Å². The van der Waals surface area contributed by atoms with Crippen LogP contribution >= 0.6 is 0 Å². The average Bonchev–Trinajstić information content (AvgIpc) is 2.62. The molecule has 0 aromatic heterocycles. The van der Waals surface area contributed by atoms with E-state index in [1.54, 1.807) is 12.1 Å². The van der Waals surface area contributed by atoms with Crippen LogP contribution in [0.1, 0.15) is 15.9 Å². The number of carboxylic acids is 1. The topological polar surface area (TPSA) is 89.4 Å². The van der Waals surface area contributed by atoms with Gasteiger partial charge in [0.15, 0.2) is 11.5 Å². The zero-order valence-electron chi connectivity index (χ0n) is 13.9.